The molecule has 2 heterocycles. The summed E-state index contributed by atoms with van der Waals surface area (Å²) < 4.78 is 19.4. The number of hydrogen-bond acceptors (Lipinski definition) is 6. The Bertz CT molecular complexity index is 787. The molecule has 152 valence electrons. The van der Waals surface area contributed by atoms with E-state index in [0.29, 0.717) is 31.2 Å². The molecule has 1 fully saturated rings. The summed E-state index contributed by atoms with van der Waals surface area (Å²) in [4.78, 5) is 22.6. The molecule has 3 rings (SSSR count). The van der Waals surface area contributed by atoms with Crippen molar-refractivity contribution in [3.8, 4) is 0 Å². The highest BCUT2D eigenvalue weighted by Gasteiger charge is 2.24. The molecule has 28 heavy (non-hydrogen) atoms. The van der Waals surface area contributed by atoms with E-state index < -0.39 is 0 Å². The molecule has 0 bridgehead atoms. The molecule has 0 atom stereocenters. The van der Waals surface area contributed by atoms with Crippen molar-refractivity contribution >= 4 is 11.6 Å². The summed E-state index contributed by atoms with van der Waals surface area (Å²) in [5, 5.41) is 9.15. The van der Waals surface area contributed by atoms with Crippen LogP contribution in [0.3, 0.4) is 0 Å². The topological polar surface area (TPSA) is 73.1 Å². The number of rotatable bonds is 7. The monoisotopic (exact) mass is 390 g/mol. The van der Waals surface area contributed by atoms with Crippen molar-refractivity contribution in [2.45, 2.75) is 26.4 Å². The summed E-state index contributed by atoms with van der Waals surface area (Å²) in [5.41, 5.74) is 0.881. The third-order valence-electron chi connectivity index (χ3n) is 4.92. The Morgan fingerprint density at radius 3 is 2.64 bits per heavy atom. The van der Waals surface area contributed by atoms with Crippen LogP contribution in [0.25, 0.3) is 0 Å². The number of carbonyl (C=O) groups is 1. The molecule has 7 nitrogen and oxygen atoms in total. The minimum absolute atomic E-state index is 0.0359. The number of aliphatic hydroxyl groups excluding tert-OH is 1. The highest BCUT2D eigenvalue weighted by atomic mass is 19.1. The minimum atomic E-state index is -0.247. The molecule has 0 unspecified atom stereocenters. The number of hydrogen-bond donors (Lipinski definition) is 1. The first-order chi connectivity index (χ1) is 13.5. The lowest BCUT2D eigenvalue weighted by molar-refractivity contribution is 0.0659. The molecule has 1 amide bonds. The van der Waals surface area contributed by atoms with E-state index in [0.717, 1.165) is 13.1 Å². The Hall–Kier alpha value is -2.45. The number of aromatic nitrogens is 1. The highest BCUT2D eigenvalue weighted by Crippen LogP contribution is 2.20. The molecular weight excluding hydrogens is 363 g/mol. The third-order valence-corrected chi connectivity index (χ3v) is 4.92. The zero-order chi connectivity index (χ0) is 20.1. The van der Waals surface area contributed by atoms with Crippen molar-refractivity contribution in [2.24, 2.45) is 0 Å². The normalized spacial score (nSPS) is 15.2. The quantitative estimate of drug-likeness (QED) is 0.779. The van der Waals surface area contributed by atoms with Gasteiger partial charge in [-0.2, -0.15) is 0 Å². The van der Waals surface area contributed by atoms with E-state index in [-0.39, 0.29) is 36.6 Å². The van der Waals surface area contributed by atoms with E-state index in [1.165, 1.54) is 12.3 Å². The molecule has 0 radical (unpaired) electrons. The third kappa shape index (κ3) is 4.69. The van der Waals surface area contributed by atoms with Gasteiger partial charge in [-0.1, -0.05) is 12.1 Å². The van der Waals surface area contributed by atoms with Crippen molar-refractivity contribution in [3.05, 3.63) is 47.9 Å². The highest BCUT2D eigenvalue weighted by molar-refractivity contribution is 5.92. The molecule has 0 saturated carbocycles. The number of halogens is 1. The van der Waals surface area contributed by atoms with Crippen LogP contribution in [0, 0.1) is 5.82 Å². The summed E-state index contributed by atoms with van der Waals surface area (Å²) in [6.45, 7) is 7.38. The lowest BCUT2D eigenvalue weighted by Crippen LogP contribution is -2.46. The zero-order valence-corrected chi connectivity index (χ0v) is 16.3. The lowest BCUT2D eigenvalue weighted by Gasteiger charge is -2.35. The van der Waals surface area contributed by atoms with Crippen molar-refractivity contribution in [1.29, 1.82) is 0 Å². The van der Waals surface area contributed by atoms with Crippen LogP contribution < -0.4 is 4.90 Å². The van der Waals surface area contributed by atoms with Gasteiger partial charge in [-0.05, 0) is 26.0 Å². The fourth-order valence-corrected chi connectivity index (χ4v) is 3.38. The number of carbonyl (C=O) groups excluding carboxylic acids is 1. The number of aliphatic hydroxyl groups is 1. The van der Waals surface area contributed by atoms with Crippen molar-refractivity contribution < 1.29 is 18.7 Å². The fraction of sp³-hybridized carbons (Fsp3) is 0.500. The van der Waals surface area contributed by atoms with Crippen LogP contribution in [0.5, 0.6) is 0 Å². The SMILES string of the molecule is CC(C)N(CCO)C(=O)c1coc(CN2CCN(c3ccccc3F)CC2)n1. The second kappa shape index (κ2) is 9.16. The van der Waals surface area contributed by atoms with Crippen LogP contribution in [0.4, 0.5) is 10.1 Å². The van der Waals surface area contributed by atoms with Gasteiger partial charge in [0.15, 0.2) is 5.69 Å². The first-order valence-corrected chi connectivity index (χ1v) is 9.57. The predicted octanol–water partition coefficient (Wildman–Crippen LogP) is 1.98. The van der Waals surface area contributed by atoms with E-state index in [9.17, 15) is 9.18 Å². The summed E-state index contributed by atoms with van der Waals surface area (Å²) in [5.74, 6) is 0.0307. The van der Waals surface area contributed by atoms with Crippen molar-refractivity contribution in [1.82, 2.24) is 14.8 Å². The molecule has 1 saturated heterocycles. The van der Waals surface area contributed by atoms with Crippen LogP contribution >= 0.6 is 0 Å². The van der Waals surface area contributed by atoms with Gasteiger partial charge in [0, 0.05) is 38.8 Å². The Balaban J connectivity index is 1.56. The number of nitrogens with zero attached hydrogens (tertiary/aromatic N) is 4. The molecule has 1 aromatic carbocycles. The van der Waals surface area contributed by atoms with E-state index in [4.69, 9.17) is 9.52 Å². The van der Waals surface area contributed by atoms with Gasteiger partial charge in [-0.25, -0.2) is 9.37 Å². The Morgan fingerprint density at radius 1 is 1.29 bits per heavy atom. The van der Waals surface area contributed by atoms with E-state index in [2.05, 4.69) is 9.88 Å². The largest absolute Gasteiger partial charge is 0.447 e. The molecular formula is C20H27FN4O3. The summed E-state index contributed by atoms with van der Waals surface area (Å²) >= 11 is 0. The van der Waals surface area contributed by atoms with E-state index in [1.54, 1.807) is 17.0 Å². The fourth-order valence-electron chi connectivity index (χ4n) is 3.38. The Morgan fingerprint density at radius 2 is 2.00 bits per heavy atom. The number of oxazole rings is 1. The second-order valence-electron chi connectivity index (χ2n) is 7.16. The minimum Gasteiger partial charge on any atom is -0.447 e. The van der Waals surface area contributed by atoms with Crippen LogP contribution in [0.15, 0.2) is 34.9 Å². The molecule has 0 spiro atoms. The van der Waals surface area contributed by atoms with Gasteiger partial charge in [0.25, 0.3) is 5.91 Å². The molecule has 1 aliphatic heterocycles. The maximum absolute atomic E-state index is 13.9. The Labute approximate surface area is 164 Å². The van der Waals surface area contributed by atoms with Gasteiger partial charge in [-0.15, -0.1) is 0 Å². The number of anilines is 1. The second-order valence-corrected chi connectivity index (χ2v) is 7.16. The van der Waals surface area contributed by atoms with E-state index in [1.807, 2.05) is 24.8 Å². The summed E-state index contributed by atoms with van der Waals surface area (Å²) in [7, 11) is 0. The van der Waals surface area contributed by atoms with Crippen molar-refractivity contribution in [3.63, 3.8) is 0 Å². The summed E-state index contributed by atoms with van der Waals surface area (Å²) in [6.07, 6.45) is 1.38. The molecule has 2 aromatic rings. The van der Waals surface area contributed by atoms with Gasteiger partial charge in [-0.3, -0.25) is 9.69 Å². The van der Waals surface area contributed by atoms with Gasteiger partial charge >= 0.3 is 0 Å². The first kappa shape index (κ1) is 20.3. The number of amides is 1. The van der Waals surface area contributed by atoms with Gasteiger partial charge in [0.05, 0.1) is 18.8 Å². The summed E-state index contributed by atoms with van der Waals surface area (Å²) in [6, 6.07) is 6.77. The van der Waals surface area contributed by atoms with Gasteiger partial charge in [0.2, 0.25) is 5.89 Å². The van der Waals surface area contributed by atoms with Crippen molar-refractivity contribution in [2.75, 3.05) is 44.2 Å². The average Bonchev–Trinajstić information content (AvgIpc) is 3.15. The maximum atomic E-state index is 13.9. The number of piperazine rings is 1. The standard InChI is InChI=1S/C20H27FN4O3/c1-15(2)25(11-12-26)20(27)17-14-28-19(22-17)13-23-7-9-24(10-8-23)18-6-4-3-5-16(18)21/h3-6,14-15,26H,7-13H2,1-2H3. The van der Waals surface area contributed by atoms with Gasteiger partial charge < -0.3 is 19.3 Å². The number of benzene rings is 1. The first-order valence-electron chi connectivity index (χ1n) is 9.57. The lowest BCUT2D eigenvalue weighted by atomic mass is 10.2. The number of para-hydroxylation sites is 1. The predicted molar refractivity (Wildman–Crippen MR) is 104 cm³/mol. The molecule has 1 N–H and O–H groups in total. The Kier molecular flexibility index (Phi) is 6.64. The zero-order valence-electron chi connectivity index (χ0n) is 16.3. The molecule has 0 aliphatic carbocycles. The molecule has 1 aromatic heterocycles. The van der Waals surface area contributed by atoms with Crippen LogP contribution in [-0.4, -0.2) is 71.2 Å². The van der Waals surface area contributed by atoms with Crippen LogP contribution in [0.2, 0.25) is 0 Å². The molecule has 1 aliphatic rings. The van der Waals surface area contributed by atoms with E-state index >= 15 is 0 Å². The maximum Gasteiger partial charge on any atom is 0.276 e. The van der Waals surface area contributed by atoms with Crippen LogP contribution in [0.1, 0.15) is 30.2 Å². The average molecular weight is 390 g/mol. The van der Waals surface area contributed by atoms with Gasteiger partial charge in [0.1, 0.15) is 12.1 Å². The smallest absolute Gasteiger partial charge is 0.276 e. The van der Waals surface area contributed by atoms with Crippen LogP contribution in [-0.2, 0) is 6.54 Å². The molecule has 8 heteroatoms.